The van der Waals surface area contributed by atoms with E-state index in [9.17, 15) is 0 Å². The van der Waals surface area contributed by atoms with Gasteiger partial charge in [0.2, 0.25) is 0 Å². The van der Waals surface area contributed by atoms with Gasteiger partial charge in [0.25, 0.3) is 5.78 Å². The maximum Gasteiger partial charge on any atom is 0.252 e. The molecule has 0 spiro atoms. The maximum absolute atomic E-state index is 9.02. The molecule has 74 valence electrons. The molecule has 0 saturated heterocycles. The Morgan fingerprint density at radius 3 is 3.00 bits per heavy atom. The van der Waals surface area contributed by atoms with Crippen molar-refractivity contribution in [2.45, 2.75) is 18.3 Å². The average molecular weight is 264 g/mol. The molecule has 0 bridgehead atoms. The molecule has 0 N–H and O–H groups in total. The highest BCUT2D eigenvalue weighted by Crippen LogP contribution is 2.45. The third-order valence-electron chi connectivity index (χ3n) is 2.55. The summed E-state index contributed by atoms with van der Waals surface area (Å²) in [5.74, 6) is 1.13. The molecule has 6 heteroatoms. The standard InChI is InChI=1S/C9H6BrN5/c10-6-3-12-8-13-7(14-15(8)4-6)9(5-11)1-2-9/h3-4H,1-2H2. The van der Waals surface area contributed by atoms with Crippen LogP contribution in [0, 0.1) is 11.3 Å². The monoisotopic (exact) mass is 263 g/mol. The lowest BCUT2D eigenvalue weighted by Crippen LogP contribution is -2.05. The van der Waals surface area contributed by atoms with Crippen LogP contribution in [-0.2, 0) is 5.41 Å². The van der Waals surface area contributed by atoms with Crippen LogP contribution in [0.2, 0.25) is 0 Å². The molecule has 5 nitrogen and oxygen atoms in total. The number of nitriles is 1. The summed E-state index contributed by atoms with van der Waals surface area (Å²) in [6.45, 7) is 0. The maximum atomic E-state index is 9.02. The van der Waals surface area contributed by atoms with E-state index in [1.165, 1.54) is 0 Å². The van der Waals surface area contributed by atoms with Crippen LogP contribution in [0.5, 0.6) is 0 Å². The molecular formula is C9H6BrN5. The van der Waals surface area contributed by atoms with Crippen molar-refractivity contribution < 1.29 is 0 Å². The second-order valence-electron chi connectivity index (χ2n) is 3.65. The molecule has 15 heavy (non-hydrogen) atoms. The SMILES string of the molecule is N#CC1(c2nc3ncc(Br)cn3n2)CC1. The van der Waals surface area contributed by atoms with Gasteiger partial charge in [-0.15, -0.1) is 5.10 Å². The van der Waals surface area contributed by atoms with E-state index in [0.29, 0.717) is 11.6 Å². The molecule has 1 aliphatic carbocycles. The molecule has 1 saturated carbocycles. The summed E-state index contributed by atoms with van der Waals surface area (Å²) in [6.07, 6.45) is 5.15. The number of aromatic nitrogens is 4. The second-order valence-corrected chi connectivity index (χ2v) is 4.56. The Morgan fingerprint density at radius 2 is 2.33 bits per heavy atom. The number of hydrogen-bond acceptors (Lipinski definition) is 4. The molecule has 0 aromatic carbocycles. The fourth-order valence-corrected chi connectivity index (χ4v) is 1.77. The van der Waals surface area contributed by atoms with Crippen molar-refractivity contribution in [1.82, 2.24) is 19.6 Å². The van der Waals surface area contributed by atoms with Crippen LogP contribution in [0.15, 0.2) is 16.9 Å². The molecule has 0 aliphatic heterocycles. The minimum atomic E-state index is -0.444. The van der Waals surface area contributed by atoms with Crippen molar-refractivity contribution in [3.8, 4) is 6.07 Å². The van der Waals surface area contributed by atoms with Crippen molar-refractivity contribution >= 4 is 21.7 Å². The van der Waals surface area contributed by atoms with Crippen LogP contribution in [0.1, 0.15) is 18.7 Å². The molecule has 0 amide bonds. The highest BCUT2D eigenvalue weighted by Gasteiger charge is 2.48. The number of nitrogens with zero attached hydrogens (tertiary/aromatic N) is 5. The largest absolute Gasteiger partial charge is 0.252 e. The summed E-state index contributed by atoms with van der Waals surface area (Å²) >= 11 is 3.31. The molecule has 0 unspecified atom stereocenters. The lowest BCUT2D eigenvalue weighted by molar-refractivity contribution is 0.783. The van der Waals surface area contributed by atoms with Gasteiger partial charge in [0.15, 0.2) is 5.82 Å². The smallest absolute Gasteiger partial charge is 0.218 e. The number of halogens is 1. The second kappa shape index (κ2) is 2.76. The van der Waals surface area contributed by atoms with Crippen LogP contribution in [-0.4, -0.2) is 19.6 Å². The zero-order valence-electron chi connectivity index (χ0n) is 7.68. The Morgan fingerprint density at radius 1 is 1.53 bits per heavy atom. The molecular weight excluding hydrogens is 258 g/mol. The van der Waals surface area contributed by atoms with Crippen molar-refractivity contribution in [1.29, 1.82) is 5.26 Å². The van der Waals surface area contributed by atoms with Crippen LogP contribution in [0.25, 0.3) is 5.78 Å². The zero-order valence-corrected chi connectivity index (χ0v) is 9.27. The lowest BCUT2D eigenvalue weighted by atomic mass is 10.1. The Balaban J connectivity index is 2.19. The van der Waals surface area contributed by atoms with Gasteiger partial charge in [-0.1, -0.05) is 0 Å². The lowest BCUT2D eigenvalue weighted by Gasteiger charge is -1.94. The fourth-order valence-electron chi connectivity index (χ4n) is 1.47. The highest BCUT2D eigenvalue weighted by atomic mass is 79.9. The van der Waals surface area contributed by atoms with Gasteiger partial charge in [0.05, 0.1) is 10.5 Å². The molecule has 0 atom stereocenters. The van der Waals surface area contributed by atoms with E-state index in [0.717, 1.165) is 17.3 Å². The summed E-state index contributed by atoms with van der Waals surface area (Å²) in [7, 11) is 0. The molecule has 1 aliphatic rings. The summed E-state index contributed by atoms with van der Waals surface area (Å²) in [4.78, 5) is 8.37. The van der Waals surface area contributed by atoms with Crippen molar-refractivity contribution in [2.75, 3.05) is 0 Å². The van der Waals surface area contributed by atoms with Crippen LogP contribution >= 0.6 is 15.9 Å². The Kier molecular flexibility index (Phi) is 1.62. The predicted molar refractivity (Wildman–Crippen MR) is 55.0 cm³/mol. The van der Waals surface area contributed by atoms with Gasteiger partial charge in [-0.05, 0) is 28.8 Å². The minimum absolute atomic E-state index is 0.444. The minimum Gasteiger partial charge on any atom is -0.218 e. The van der Waals surface area contributed by atoms with E-state index in [4.69, 9.17) is 5.26 Å². The number of hydrogen-bond donors (Lipinski definition) is 0. The van der Waals surface area contributed by atoms with Crippen LogP contribution in [0.4, 0.5) is 0 Å². The Labute approximate surface area is 93.9 Å². The van der Waals surface area contributed by atoms with Crippen LogP contribution < -0.4 is 0 Å². The zero-order chi connectivity index (χ0) is 10.5. The number of fused-ring (bicyclic) bond motifs is 1. The number of rotatable bonds is 1. The van der Waals surface area contributed by atoms with Gasteiger partial charge < -0.3 is 0 Å². The van der Waals surface area contributed by atoms with E-state index >= 15 is 0 Å². The average Bonchev–Trinajstić information content (AvgIpc) is 2.93. The molecule has 2 heterocycles. The predicted octanol–water partition coefficient (Wildman–Crippen LogP) is 1.44. The first-order valence-electron chi connectivity index (χ1n) is 4.53. The normalized spacial score (nSPS) is 17.6. The molecule has 2 aromatic rings. The van der Waals surface area contributed by atoms with E-state index in [1.807, 2.05) is 0 Å². The fraction of sp³-hybridized carbons (Fsp3) is 0.333. The first kappa shape index (κ1) is 8.80. The third-order valence-corrected chi connectivity index (χ3v) is 2.96. The topological polar surface area (TPSA) is 66.9 Å². The third kappa shape index (κ3) is 1.23. The first-order valence-corrected chi connectivity index (χ1v) is 5.32. The van der Waals surface area contributed by atoms with E-state index in [2.05, 4.69) is 37.1 Å². The summed E-state index contributed by atoms with van der Waals surface area (Å²) in [5, 5.41) is 13.3. The summed E-state index contributed by atoms with van der Waals surface area (Å²) in [5.41, 5.74) is -0.444. The molecule has 2 aromatic heterocycles. The summed E-state index contributed by atoms with van der Waals surface area (Å²) in [6, 6.07) is 2.27. The highest BCUT2D eigenvalue weighted by molar-refractivity contribution is 9.10. The van der Waals surface area contributed by atoms with E-state index in [-0.39, 0.29) is 0 Å². The van der Waals surface area contributed by atoms with Crippen molar-refractivity contribution in [3.05, 3.63) is 22.7 Å². The Bertz CT molecular complexity index is 578. The van der Waals surface area contributed by atoms with Gasteiger partial charge in [-0.3, -0.25) is 0 Å². The van der Waals surface area contributed by atoms with Gasteiger partial charge in [-0.2, -0.15) is 10.2 Å². The molecule has 0 radical (unpaired) electrons. The molecule has 3 rings (SSSR count). The summed E-state index contributed by atoms with van der Waals surface area (Å²) < 4.78 is 2.44. The van der Waals surface area contributed by atoms with Crippen molar-refractivity contribution in [2.24, 2.45) is 0 Å². The van der Waals surface area contributed by atoms with Gasteiger partial charge in [0.1, 0.15) is 5.41 Å². The van der Waals surface area contributed by atoms with Gasteiger partial charge in [-0.25, -0.2) is 9.50 Å². The van der Waals surface area contributed by atoms with Crippen LogP contribution in [0.3, 0.4) is 0 Å². The molecule has 1 fully saturated rings. The van der Waals surface area contributed by atoms with Gasteiger partial charge >= 0.3 is 0 Å². The van der Waals surface area contributed by atoms with E-state index in [1.54, 1.807) is 16.9 Å². The quantitative estimate of drug-likeness (QED) is 0.781. The van der Waals surface area contributed by atoms with E-state index < -0.39 is 5.41 Å². The van der Waals surface area contributed by atoms with Crippen molar-refractivity contribution in [3.63, 3.8) is 0 Å². The first-order chi connectivity index (χ1) is 7.23. The van der Waals surface area contributed by atoms with Gasteiger partial charge in [0, 0.05) is 12.4 Å². The Hall–Kier alpha value is -1.48.